The van der Waals surface area contributed by atoms with Gasteiger partial charge in [0.25, 0.3) is 0 Å². The van der Waals surface area contributed by atoms with Gasteiger partial charge in [-0.05, 0) is 48.4 Å². The molecule has 1 aliphatic rings. The number of aryl methyl sites for hydroxylation is 1. The molecule has 5 nitrogen and oxygen atoms in total. The molecule has 1 saturated heterocycles. The van der Waals surface area contributed by atoms with Crippen LogP contribution in [0.4, 0.5) is 0 Å². The van der Waals surface area contributed by atoms with Gasteiger partial charge in [-0.25, -0.2) is 0 Å². The molecule has 3 aromatic rings. The van der Waals surface area contributed by atoms with Gasteiger partial charge < -0.3 is 23.7 Å². The van der Waals surface area contributed by atoms with Gasteiger partial charge in [-0.15, -0.1) is 0 Å². The summed E-state index contributed by atoms with van der Waals surface area (Å²) in [6.45, 7) is 3.74. The lowest BCUT2D eigenvalue weighted by Gasteiger charge is -2.28. The average molecular weight is 475 g/mol. The van der Waals surface area contributed by atoms with Crippen molar-refractivity contribution in [2.75, 3.05) is 25.2 Å². The molecule has 1 fully saturated rings. The lowest BCUT2D eigenvalue weighted by molar-refractivity contribution is -0.129. The summed E-state index contributed by atoms with van der Waals surface area (Å²) in [5.74, 6) is 0.650. The Labute approximate surface area is 185 Å². The highest BCUT2D eigenvalue weighted by Gasteiger charge is 2.45. The molecule has 0 atom stereocenters. The summed E-state index contributed by atoms with van der Waals surface area (Å²) in [4.78, 5) is 0. The number of ether oxygens (including phenoxy) is 3. The predicted octanol–water partition coefficient (Wildman–Crippen LogP) is 5.29. The first-order valence-electron chi connectivity index (χ1n) is 10.4. The van der Waals surface area contributed by atoms with Crippen molar-refractivity contribution >= 4 is 26.9 Å². The van der Waals surface area contributed by atoms with Crippen molar-refractivity contribution < 1.29 is 23.7 Å². The largest absolute Gasteiger partial charge is 0.493 e. The zero-order valence-electron chi connectivity index (χ0n) is 17.2. The second-order valence-corrected chi connectivity index (χ2v) is 8.16. The molecular weight excluding hydrogens is 448 g/mol. The molecular formula is C24H27BrO5. The van der Waals surface area contributed by atoms with Crippen molar-refractivity contribution in [2.24, 2.45) is 0 Å². The summed E-state index contributed by atoms with van der Waals surface area (Å²) in [5.41, 5.74) is 3.43. The van der Waals surface area contributed by atoms with Crippen molar-refractivity contribution in [1.82, 2.24) is 0 Å². The van der Waals surface area contributed by atoms with E-state index in [1.165, 1.54) is 0 Å². The molecule has 4 rings (SSSR count). The van der Waals surface area contributed by atoms with Crippen LogP contribution < -0.4 is 4.74 Å². The van der Waals surface area contributed by atoms with E-state index in [1.54, 1.807) is 0 Å². The van der Waals surface area contributed by atoms with Crippen LogP contribution in [0.25, 0.3) is 11.0 Å². The van der Waals surface area contributed by atoms with Crippen LogP contribution in [0.15, 0.2) is 46.9 Å². The van der Waals surface area contributed by atoms with Crippen LogP contribution in [0.1, 0.15) is 42.2 Å². The Bertz CT molecular complexity index is 973. The number of benzene rings is 2. The van der Waals surface area contributed by atoms with Crippen molar-refractivity contribution in [3.63, 3.8) is 0 Å². The second kappa shape index (κ2) is 9.52. The minimum absolute atomic E-state index is 0.0286. The molecule has 30 heavy (non-hydrogen) atoms. The first kappa shape index (κ1) is 21.4. The zero-order valence-corrected chi connectivity index (χ0v) is 18.7. The summed E-state index contributed by atoms with van der Waals surface area (Å²) in [7, 11) is 0. The van der Waals surface area contributed by atoms with E-state index in [-0.39, 0.29) is 6.61 Å². The summed E-state index contributed by atoms with van der Waals surface area (Å²) < 4.78 is 24.6. The average Bonchev–Trinajstić information content (AvgIpc) is 3.41. The molecule has 0 bridgehead atoms. The van der Waals surface area contributed by atoms with Gasteiger partial charge in [-0.1, -0.05) is 35.3 Å². The third-order valence-corrected chi connectivity index (χ3v) is 5.69. The Balaban J connectivity index is 1.85. The van der Waals surface area contributed by atoms with Gasteiger partial charge in [0.1, 0.15) is 17.1 Å². The van der Waals surface area contributed by atoms with Crippen LogP contribution in [0.3, 0.4) is 0 Å². The maximum absolute atomic E-state index is 9.67. The summed E-state index contributed by atoms with van der Waals surface area (Å²) in [6, 6.07) is 13.7. The fraction of sp³-hybridized carbons (Fsp3) is 0.417. The molecule has 1 N–H and O–H groups in total. The summed E-state index contributed by atoms with van der Waals surface area (Å²) >= 11 is 3.38. The van der Waals surface area contributed by atoms with Crippen LogP contribution in [0, 0.1) is 0 Å². The molecule has 0 amide bonds. The lowest BCUT2D eigenvalue weighted by atomic mass is 9.92. The van der Waals surface area contributed by atoms with E-state index in [1.807, 2.05) is 42.5 Å². The number of hydrogen-bond donors (Lipinski definition) is 1. The Morgan fingerprint density at radius 2 is 1.87 bits per heavy atom. The van der Waals surface area contributed by atoms with E-state index in [0.717, 1.165) is 63.8 Å². The van der Waals surface area contributed by atoms with E-state index >= 15 is 0 Å². The van der Waals surface area contributed by atoms with Crippen molar-refractivity contribution in [3.05, 3.63) is 64.9 Å². The van der Waals surface area contributed by atoms with Gasteiger partial charge in [0.2, 0.25) is 5.79 Å². The van der Waals surface area contributed by atoms with Gasteiger partial charge in [0.15, 0.2) is 0 Å². The Hall–Kier alpha value is -1.86. The highest BCUT2D eigenvalue weighted by Crippen LogP contribution is 2.45. The van der Waals surface area contributed by atoms with Crippen molar-refractivity contribution in [2.45, 2.75) is 38.6 Å². The third-order valence-electron chi connectivity index (χ3n) is 5.37. The number of furan rings is 1. The monoisotopic (exact) mass is 474 g/mol. The fourth-order valence-electron chi connectivity index (χ4n) is 3.96. The number of unbranched alkanes of at least 4 members (excludes halogenated alkanes) is 1. The highest BCUT2D eigenvalue weighted by atomic mass is 79.9. The number of alkyl halides is 1. The van der Waals surface area contributed by atoms with Gasteiger partial charge in [0.05, 0.1) is 32.0 Å². The third kappa shape index (κ3) is 4.02. The quantitative estimate of drug-likeness (QED) is 0.427. The molecule has 1 aliphatic heterocycles. The number of fused-ring (bicyclic) bond motifs is 1. The van der Waals surface area contributed by atoms with E-state index in [2.05, 4.69) is 22.9 Å². The Morgan fingerprint density at radius 3 is 2.53 bits per heavy atom. The molecule has 0 spiro atoms. The van der Waals surface area contributed by atoms with E-state index < -0.39 is 5.79 Å². The Kier molecular flexibility index (Phi) is 6.78. The van der Waals surface area contributed by atoms with Gasteiger partial charge in [-0.2, -0.15) is 0 Å². The van der Waals surface area contributed by atoms with Crippen LogP contribution in [-0.2, 0) is 28.3 Å². The van der Waals surface area contributed by atoms with Crippen molar-refractivity contribution in [1.29, 1.82) is 0 Å². The van der Waals surface area contributed by atoms with Crippen LogP contribution >= 0.6 is 15.9 Å². The molecule has 0 aliphatic carbocycles. The molecule has 160 valence electrons. The number of aliphatic hydroxyl groups is 1. The molecule has 2 heterocycles. The molecule has 0 radical (unpaired) electrons. The van der Waals surface area contributed by atoms with E-state index in [0.29, 0.717) is 19.8 Å². The summed E-state index contributed by atoms with van der Waals surface area (Å²) in [5, 5.41) is 11.4. The van der Waals surface area contributed by atoms with Crippen LogP contribution in [-0.4, -0.2) is 30.3 Å². The van der Waals surface area contributed by atoms with Crippen LogP contribution in [0.2, 0.25) is 0 Å². The zero-order chi connectivity index (χ0) is 21.0. The highest BCUT2D eigenvalue weighted by molar-refractivity contribution is 9.09. The maximum Gasteiger partial charge on any atom is 0.226 e. The maximum atomic E-state index is 9.67. The van der Waals surface area contributed by atoms with E-state index in [4.69, 9.17) is 18.6 Å². The summed E-state index contributed by atoms with van der Waals surface area (Å²) in [6.07, 6.45) is 2.87. The fourth-order valence-corrected chi connectivity index (χ4v) is 4.12. The molecule has 0 unspecified atom stereocenters. The lowest BCUT2D eigenvalue weighted by Crippen LogP contribution is -2.29. The molecule has 2 aromatic carbocycles. The first-order chi connectivity index (χ1) is 14.7. The minimum Gasteiger partial charge on any atom is -0.493 e. The Morgan fingerprint density at radius 1 is 1.10 bits per heavy atom. The normalized spacial score (nSPS) is 15.7. The molecule has 6 heteroatoms. The van der Waals surface area contributed by atoms with Gasteiger partial charge in [-0.3, -0.25) is 0 Å². The van der Waals surface area contributed by atoms with Crippen molar-refractivity contribution in [3.8, 4) is 5.75 Å². The van der Waals surface area contributed by atoms with Gasteiger partial charge in [0, 0.05) is 22.7 Å². The number of aliphatic hydroxyl groups excluding tert-OH is 1. The number of rotatable bonds is 9. The molecule has 1 aromatic heterocycles. The number of halogens is 1. The first-order valence-corrected chi connectivity index (χ1v) is 11.6. The standard InChI is InChI=1S/C24H27BrO5/c1-2-3-4-22-23(20-15-17(16-26)5-10-21(20)30-22)24(28-13-14-29-24)18-6-8-19(9-7-18)27-12-11-25/h5-10,15,26H,2-4,11-14,16H2,1H3. The van der Waals surface area contributed by atoms with Gasteiger partial charge >= 0.3 is 0 Å². The topological polar surface area (TPSA) is 61.1 Å². The predicted molar refractivity (Wildman–Crippen MR) is 119 cm³/mol. The second-order valence-electron chi connectivity index (χ2n) is 7.37. The minimum atomic E-state index is -1.03. The molecule has 0 saturated carbocycles. The van der Waals surface area contributed by atoms with E-state index in [9.17, 15) is 5.11 Å². The number of hydrogen-bond acceptors (Lipinski definition) is 5. The van der Waals surface area contributed by atoms with Crippen LogP contribution in [0.5, 0.6) is 5.75 Å². The smallest absolute Gasteiger partial charge is 0.226 e. The SMILES string of the molecule is CCCCc1oc2ccc(CO)cc2c1C1(c2ccc(OCCBr)cc2)OCCO1.